The summed E-state index contributed by atoms with van der Waals surface area (Å²) in [5.74, 6) is 2.00. The molecule has 0 aliphatic heterocycles. The summed E-state index contributed by atoms with van der Waals surface area (Å²) >= 11 is 0. The molecule has 1 N–H and O–H groups in total. The number of ether oxygens (including phenoxy) is 1. The molecular formula is C14H29NO2. The van der Waals surface area contributed by atoms with Crippen molar-refractivity contribution in [2.45, 2.75) is 59.4 Å². The van der Waals surface area contributed by atoms with E-state index in [0.29, 0.717) is 18.6 Å². The number of carbonyl (C=O) groups excluding carboxylic acids is 1. The molecule has 0 aromatic rings. The number of hydrogen-bond donors (Lipinski definition) is 1. The van der Waals surface area contributed by atoms with E-state index in [1.165, 1.54) is 12.8 Å². The van der Waals surface area contributed by atoms with Crippen LogP contribution in [0.4, 0.5) is 4.79 Å². The van der Waals surface area contributed by atoms with Crippen LogP contribution in [-0.2, 0) is 4.74 Å². The third kappa shape index (κ3) is 5.42. The molecule has 1 aliphatic carbocycles. The van der Waals surface area contributed by atoms with Crippen LogP contribution < -0.4 is 5.32 Å². The zero-order valence-electron chi connectivity index (χ0n) is 11.7. The standard InChI is InChI=1S/C14H27NO2.H2/c1-10(2)9-17-14(16)15-13-7-5-12(6-8-13)11(3)4;/h10-13H,5-9H2,1-4H3,(H,15,16);1H. The smallest absolute Gasteiger partial charge is 0.407 e. The highest BCUT2D eigenvalue weighted by atomic mass is 16.5. The molecule has 1 amide bonds. The van der Waals surface area contributed by atoms with Gasteiger partial charge in [-0.3, -0.25) is 0 Å². The van der Waals surface area contributed by atoms with E-state index in [1.807, 2.05) is 13.8 Å². The molecular weight excluding hydrogens is 214 g/mol. The van der Waals surface area contributed by atoms with Crippen molar-refractivity contribution in [2.75, 3.05) is 6.61 Å². The Labute approximate surface area is 107 Å². The summed E-state index contributed by atoms with van der Waals surface area (Å²) in [5, 5.41) is 2.97. The molecule has 1 rings (SSSR count). The maximum atomic E-state index is 11.5. The Morgan fingerprint density at radius 3 is 2.29 bits per heavy atom. The summed E-state index contributed by atoms with van der Waals surface area (Å²) in [4.78, 5) is 11.5. The van der Waals surface area contributed by atoms with Crippen LogP contribution in [0.15, 0.2) is 0 Å². The van der Waals surface area contributed by atoms with Gasteiger partial charge in [0, 0.05) is 7.47 Å². The zero-order valence-corrected chi connectivity index (χ0v) is 11.7. The van der Waals surface area contributed by atoms with Gasteiger partial charge in [0.2, 0.25) is 0 Å². The summed E-state index contributed by atoms with van der Waals surface area (Å²) in [7, 11) is 0. The minimum Gasteiger partial charge on any atom is -0.449 e. The Balaban J connectivity index is 0.00000289. The van der Waals surface area contributed by atoms with E-state index >= 15 is 0 Å². The molecule has 3 heteroatoms. The van der Waals surface area contributed by atoms with Crippen LogP contribution in [0.25, 0.3) is 0 Å². The van der Waals surface area contributed by atoms with E-state index in [-0.39, 0.29) is 7.52 Å². The minimum absolute atomic E-state index is 0. The predicted octanol–water partition coefficient (Wildman–Crippen LogP) is 3.83. The molecule has 17 heavy (non-hydrogen) atoms. The van der Waals surface area contributed by atoms with Crippen molar-refractivity contribution in [3.05, 3.63) is 0 Å². The Hall–Kier alpha value is -0.730. The summed E-state index contributed by atoms with van der Waals surface area (Å²) in [6.07, 6.45) is 4.41. The van der Waals surface area contributed by atoms with Crippen LogP contribution in [0.1, 0.15) is 54.8 Å². The molecule has 0 heterocycles. The molecule has 0 unspecified atom stereocenters. The Morgan fingerprint density at radius 2 is 1.82 bits per heavy atom. The highest BCUT2D eigenvalue weighted by Crippen LogP contribution is 2.29. The lowest BCUT2D eigenvalue weighted by Gasteiger charge is -2.31. The molecule has 0 bridgehead atoms. The van der Waals surface area contributed by atoms with Gasteiger partial charge >= 0.3 is 6.09 Å². The molecule has 102 valence electrons. The van der Waals surface area contributed by atoms with Crippen molar-refractivity contribution < 1.29 is 11.0 Å². The van der Waals surface area contributed by atoms with Gasteiger partial charge in [0.15, 0.2) is 0 Å². The van der Waals surface area contributed by atoms with Crippen LogP contribution in [0, 0.1) is 17.8 Å². The summed E-state index contributed by atoms with van der Waals surface area (Å²) in [6, 6.07) is 0.324. The van der Waals surface area contributed by atoms with E-state index < -0.39 is 0 Å². The number of rotatable bonds is 4. The second kappa shape index (κ2) is 6.87. The first-order chi connectivity index (χ1) is 7.99. The van der Waals surface area contributed by atoms with Crippen LogP contribution in [-0.4, -0.2) is 18.7 Å². The highest BCUT2D eigenvalue weighted by molar-refractivity contribution is 5.67. The van der Waals surface area contributed by atoms with Crippen LogP contribution in [0.5, 0.6) is 0 Å². The molecule has 1 aliphatic rings. The predicted molar refractivity (Wildman–Crippen MR) is 72.0 cm³/mol. The number of amides is 1. The first-order valence-corrected chi connectivity index (χ1v) is 6.92. The van der Waals surface area contributed by atoms with Crippen LogP contribution >= 0.6 is 0 Å². The normalized spacial score (nSPS) is 25.1. The second-order valence-electron chi connectivity index (χ2n) is 5.99. The van der Waals surface area contributed by atoms with Gasteiger partial charge in [-0.2, -0.15) is 0 Å². The number of carbonyl (C=O) groups is 1. The quantitative estimate of drug-likeness (QED) is 0.815. The average molecular weight is 243 g/mol. The van der Waals surface area contributed by atoms with Crippen LogP contribution in [0.3, 0.4) is 0 Å². The molecule has 0 aromatic carbocycles. The second-order valence-corrected chi connectivity index (χ2v) is 5.99. The fourth-order valence-electron chi connectivity index (χ4n) is 2.38. The third-order valence-corrected chi connectivity index (χ3v) is 3.58. The Bertz CT molecular complexity index is 236. The van der Waals surface area contributed by atoms with E-state index in [0.717, 1.165) is 24.7 Å². The van der Waals surface area contributed by atoms with Gasteiger partial charge in [-0.05, 0) is 43.4 Å². The molecule has 0 atom stereocenters. The SMILES string of the molecule is CC(C)COC(=O)NC1CCC(C(C)C)CC1.[HH]. The summed E-state index contributed by atoms with van der Waals surface area (Å²) in [5.41, 5.74) is 0. The third-order valence-electron chi connectivity index (χ3n) is 3.58. The van der Waals surface area contributed by atoms with Gasteiger partial charge in [0.25, 0.3) is 0 Å². The van der Waals surface area contributed by atoms with Crippen molar-refractivity contribution in [1.29, 1.82) is 0 Å². The molecule has 0 spiro atoms. The molecule has 0 saturated heterocycles. The lowest BCUT2D eigenvalue weighted by Crippen LogP contribution is -2.38. The molecule has 1 fully saturated rings. The molecule has 1 saturated carbocycles. The Kier molecular flexibility index (Phi) is 5.79. The van der Waals surface area contributed by atoms with Gasteiger partial charge in [0.05, 0.1) is 6.61 Å². The number of hydrogen-bond acceptors (Lipinski definition) is 2. The first kappa shape index (κ1) is 14.3. The van der Waals surface area contributed by atoms with Gasteiger partial charge < -0.3 is 10.1 Å². The van der Waals surface area contributed by atoms with E-state index in [2.05, 4.69) is 19.2 Å². The van der Waals surface area contributed by atoms with E-state index in [4.69, 9.17) is 4.74 Å². The van der Waals surface area contributed by atoms with Gasteiger partial charge in [-0.25, -0.2) is 4.79 Å². The van der Waals surface area contributed by atoms with Crippen molar-refractivity contribution in [3.63, 3.8) is 0 Å². The van der Waals surface area contributed by atoms with E-state index in [1.54, 1.807) is 0 Å². The maximum Gasteiger partial charge on any atom is 0.407 e. The van der Waals surface area contributed by atoms with Gasteiger partial charge in [-0.15, -0.1) is 0 Å². The largest absolute Gasteiger partial charge is 0.449 e. The Morgan fingerprint density at radius 1 is 1.24 bits per heavy atom. The monoisotopic (exact) mass is 243 g/mol. The molecule has 3 nitrogen and oxygen atoms in total. The van der Waals surface area contributed by atoms with Gasteiger partial charge in [0.1, 0.15) is 0 Å². The number of nitrogens with one attached hydrogen (secondary N) is 1. The van der Waals surface area contributed by atoms with Crippen molar-refractivity contribution in [2.24, 2.45) is 17.8 Å². The number of alkyl carbamates (subject to hydrolysis) is 1. The van der Waals surface area contributed by atoms with Crippen molar-refractivity contribution in [1.82, 2.24) is 5.32 Å². The minimum atomic E-state index is -0.244. The van der Waals surface area contributed by atoms with Crippen molar-refractivity contribution >= 4 is 6.09 Å². The van der Waals surface area contributed by atoms with Crippen LogP contribution in [0.2, 0.25) is 0 Å². The van der Waals surface area contributed by atoms with Gasteiger partial charge in [-0.1, -0.05) is 27.7 Å². The fourth-order valence-corrected chi connectivity index (χ4v) is 2.38. The molecule has 0 aromatic heterocycles. The topological polar surface area (TPSA) is 38.3 Å². The summed E-state index contributed by atoms with van der Waals surface area (Å²) in [6.45, 7) is 9.17. The molecule has 0 radical (unpaired) electrons. The first-order valence-electron chi connectivity index (χ1n) is 6.92. The zero-order chi connectivity index (χ0) is 12.8. The van der Waals surface area contributed by atoms with E-state index in [9.17, 15) is 4.79 Å². The fraction of sp³-hybridized carbons (Fsp3) is 0.929. The lowest BCUT2D eigenvalue weighted by molar-refractivity contribution is 0.124. The maximum absolute atomic E-state index is 11.5. The average Bonchev–Trinajstić information content (AvgIpc) is 2.27. The summed E-state index contributed by atoms with van der Waals surface area (Å²) < 4.78 is 5.13. The lowest BCUT2D eigenvalue weighted by atomic mass is 9.80. The van der Waals surface area contributed by atoms with Crippen molar-refractivity contribution in [3.8, 4) is 0 Å². The highest BCUT2D eigenvalue weighted by Gasteiger charge is 2.24.